The molecule has 0 radical (unpaired) electrons. The number of carboxylic acid groups (broad SMARTS) is 1. The van der Waals surface area contributed by atoms with Crippen molar-refractivity contribution >= 4 is 29.1 Å². The molecule has 0 aliphatic carbocycles. The van der Waals surface area contributed by atoms with E-state index in [4.69, 9.17) is 9.63 Å². The molecule has 0 unspecified atom stereocenters. The van der Waals surface area contributed by atoms with Crippen molar-refractivity contribution in [1.29, 1.82) is 0 Å². The summed E-state index contributed by atoms with van der Waals surface area (Å²) in [5.74, 6) is 0.945. The highest BCUT2D eigenvalue weighted by molar-refractivity contribution is 7.98. The maximum Gasteiger partial charge on any atom is 0.345 e. The molecule has 0 fully saturated rings. The second-order valence-electron chi connectivity index (χ2n) is 3.20. The summed E-state index contributed by atoms with van der Waals surface area (Å²) >= 11 is 2.72. The molecule has 0 spiro atoms. The topological polar surface area (TPSA) is 76.2 Å². The van der Waals surface area contributed by atoms with E-state index < -0.39 is 5.97 Å². The Bertz CT molecular complexity index is 521. The van der Waals surface area contributed by atoms with Crippen molar-refractivity contribution < 1.29 is 14.4 Å². The zero-order chi connectivity index (χ0) is 12.3. The Morgan fingerprint density at radius 2 is 2.47 bits per heavy atom. The Morgan fingerprint density at radius 1 is 1.65 bits per heavy atom. The fraction of sp³-hybridized carbons (Fsp3) is 0.300. The molecule has 2 rings (SSSR count). The Balaban J connectivity index is 1.94. The number of carboxylic acids is 1. The molecule has 1 N–H and O–H groups in total. The first kappa shape index (κ1) is 12.1. The summed E-state index contributed by atoms with van der Waals surface area (Å²) in [6, 6.07) is 1.65. The number of nitrogens with zero attached hydrogens (tertiary/aromatic N) is 2. The largest absolute Gasteiger partial charge is 0.477 e. The van der Waals surface area contributed by atoms with Crippen LogP contribution in [0, 0.1) is 0 Å². The van der Waals surface area contributed by atoms with Gasteiger partial charge in [-0.2, -0.15) is 4.98 Å². The normalized spacial score (nSPS) is 10.6. The zero-order valence-corrected chi connectivity index (χ0v) is 10.7. The second kappa shape index (κ2) is 5.33. The number of aromatic carboxylic acids is 1. The summed E-state index contributed by atoms with van der Waals surface area (Å²) < 4.78 is 4.98. The zero-order valence-electron chi connectivity index (χ0n) is 9.04. The lowest BCUT2D eigenvalue weighted by Crippen LogP contribution is -1.90. The van der Waals surface area contributed by atoms with Gasteiger partial charge in [-0.25, -0.2) is 4.79 Å². The molecule has 2 aromatic rings. The van der Waals surface area contributed by atoms with Crippen LogP contribution in [0.15, 0.2) is 20.9 Å². The molecule has 0 atom stereocenters. The van der Waals surface area contributed by atoms with Gasteiger partial charge in [-0.05, 0) is 6.07 Å². The molecule has 2 aromatic heterocycles. The van der Waals surface area contributed by atoms with Gasteiger partial charge in [0.2, 0.25) is 5.89 Å². The molecular weight excluding hydrogens is 260 g/mol. The molecule has 0 saturated carbocycles. The van der Waals surface area contributed by atoms with Crippen LogP contribution in [0.1, 0.15) is 28.3 Å². The summed E-state index contributed by atoms with van der Waals surface area (Å²) in [5.41, 5.74) is 0. The smallest absolute Gasteiger partial charge is 0.345 e. The van der Waals surface area contributed by atoms with Gasteiger partial charge in [0.15, 0.2) is 5.82 Å². The molecule has 0 amide bonds. The van der Waals surface area contributed by atoms with Crippen molar-refractivity contribution in [3.05, 3.63) is 28.0 Å². The van der Waals surface area contributed by atoms with Gasteiger partial charge >= 0.3 is 5.97 Å². The molecule has 90 valence electrons. The molecule has 0 saturated heterocycles. The Kier molecular flexibility index (Phi) is 3.80. The minimum atomic E-state index is -0.894. The fourth-order valence-electron chi connectivity index (χ4n) is 1.15. The second-order valence-corrected chi connectivity index (χ2v) is 5.16. The number of hydrogen-bond donors (Lipinski definition) is 1. The van der Waals surface area contributed by atoms with Crippen molar-refractivity contribution in [2.75, 3.05) is 0 Å². The molecule has 0 aromatic carbocycles. The molecule has 0 bridgehead atoms. The summed E-state index contributed by atoms with van der Waals surface area (Å²) in [6.45, 7) is 1.95. The Labute approximate surface area is 106 Å². The molecule has 2 heterocycles. The predicted molar refractivity (Wildman–Crippen MR) is 64.5 cm³/mol. The number of aryl methyl sites for hydroxylation is 1. The van der Waals surface area contributed by atoms with E-state index in [-0.39, 0.29) is 0 Å². The Morgan fingerprint density at radius 3 is 3.06 bits per heavy atom. The van der Waals surface area contributed by atoms with E-state index in [0.29, 0.717) is 22.3 Å². The lowest BCUT2D eigenvalue weighted by Gasteiger charge is -1.91. The molecule has 0 aliphatic rings. The minimum Gasteiger partial charge on any atom is -0.477 e. The summed E-state index contributed by atoms with van der Waals surface area (Å²) in [7, 11) is 0. The average Bonchev–Trinajstić information content (AvgIpc) is 2.95. The van der Waals surface area contributed by atoms with Gasteiger partial charge in [-0.1, -0.05) is 12.1 Å². The first-order chi connectivity index (χ1) is 8.19. The lowest BCUT2D eigenvalue weighted by atomic mass is 10.5. The van der Waals surface area contributed by atoms with Crippen LogP contribution in [0.25, 0.3) is 0 Å². The van der Waals surface area contributed by atoms with Crippen LogP contribution in [-0.2, 0) is 12.2 Å². The van der Waals surface area contributed by atoms with Gasteiger partial charge in [0.1, 0.15) is 4.88 Å². The van der Waals surface area contributed by atoms with E-state index in [2.05, 4.69) is 10.1 Å². The van der Waals surface area contributed by atoms with Crippen molar-refractivity contribution in [3.63, 3.8) is 0 Å². The summed E-state index contributed by atoms with van der Waals surface area (Å²) in [6.07, 6.45) is 0.722. The number of hydrogen-bond acceptors (Lipinski definition) is 6. The van der Waals surface area contributed by atoms with Crippen LogP contribution >= 0.6 is 23.1 Å². The average molecular weight is 270 g/mol. The first-order valence-electron chi connectivity index (χ1n) is 4.95. The van der Waals surface area contributed by atoms with E-state index in [1.165, 1.54) is 23.1 Å². The molecular formula is C10H10N2O3S2. The third-order valence-corrected chi connectivity index (χ3v) is 4.01. The summed E-state index contributed by atoms with van der Waals surface area (Å²) in [4.78, 5) is 16.1. The third kappa shape index (κ3) is 3.07. The van der Waals surface area contributed by atoms with Gasteiger partial charge < -0.3 is 9.63 Å². The lowest BCUT2D eigenvalue weighted by molar-refractivity contribution is 0.0702. The number of thiophene rings is 1. The van der Waals surface area contributed by atoms with Crippen molar-refractivity contribution in [2.45, 2.75) is 24.0 Å². The highest BCUT2D eigenvalue weighted by atomic mass is 32.2. The maximum absolute atomic E-state index is 10.7. The van der Waals surface area contributed by atoms with E-state index in [9.17, 15) is 4.79 Å². The van der Waals surface area contributed by atoms with Crippen molar-refractivity contribution in [3.8, 4) is 0 Å². The highest BCUT2D eigenvalue weighted by Crippen LogP contribution is 2.27. The van der Waals surface area contributed by atoms with Crippen LogP contribution in [0.3, 0.4) is 0 Å². The minimum absolute atomic E-state index is 0.342. The first-order valence-corrected chi connectivity index (χ1v) is 6.81. The van der Waals surface area contributed by atoms with Crippen LogP contribution in [-0.4, -0.2) is 21.2 Å². The van der Waals surface area contributed by atoms with Crippen molar-refractivity contribution in [1.82, 2.24) is 10.1 Å². The quantitative estimate of drug-likeness (QED) is 0.842. The van der Waals surface area contributed by atoms with Crippen LogP contribution in [0.2, 0.25) is 0 Å². The number of rotatable bonds is 5. The van der Waals surface area contributed by atoms with Crippen molar-refractivity contribution in [2.24, 2.45) is 0 Å². The SMILES string of the molecule is CCc1nc(CSc2csc(C(=O)O)c2)no1. The standard InChI is InChI=1S/C10H10N2O3S2/c1-2-9-11-8(12-15-9)5-16-6-3-7(10(13)14)17-4-6/h3-4H,2,5H2,1H3,(H,13,14). The summed E-state index contributed by atoms with van der Waals surface area (Å²) in [5, 5.41) is 14.4. The van der Waals surface area contributed by atoms with Gasteiger partial charge in [-0.15, -0.1) is 23.1 Å². The fourth-order valence-corrected chi connectivity index (χ4v) is 2.86. The highest BCUT2D eigenvalue weighted by Gasteiger charge is 2.09. The Hall–Kier alpha value is -1.34. The van der Waals surface area contributed by atoms with E-state index in [1.807, 2.05) is 12.3 Å². The predicted octanol–water partition coefficient (Wildman–Crippen LogP) is 2.68. The molecule has 5 nitrogen and oxygen atoms in total. The van der Waals surface area contributed by atoms with Gasteiger partial charge in [0, 0.05) is 16.7 Å². The molecule has 17 heavy (non-hydrogen) atoms. The number of aromatic nitrogens is 2. The van der Waals surface area contributed by atoms with E-state index in [1.54, 1.807) is 6.07 Å². The molecule has 0 aliphatic heterocycles. The van der Waals surface area contributed by atoms with Gasteiger partial charge in [0.05, 0.1) is 5.75 Å². The van der Waals surface area contributed by atoms with Crippen LogP contribution in [0.4, 0.5) is 0 Å². The van der Waals surface area contributed by atoms with E-state index >= 15 is 0 Å². The van der Waals surface area contributed by atoms with Gasteiger partial charge in [0.25, 0.3) is 0 Å². The number of carbonyl (C=O) groups is 1. The van der Waals surface area contributed by atoms with Crippen LogP contribution < -0.4 is 0 Å². The van der Waals surface area contributed by atoms with Gasteiger partial charge in [-0.3, -0.25) is 0 Å². The number of thioether (sulfide) groups is 1. The monoisotopic (exact) mass is 270 g/mol. The maximum atomic E-state index is 10.7. The molecule has 7 heteroatoms. The van der Waals surface area contributed by atoms with E-state index in [0.717, 1.165) is 11.3 Å². The third-order valence-electron chi connectivity index (χ3n) is 1.97. The van der Waals surface area contributed by atoms with Crippen LogP contribution in [0.5, 0.6) is 0 Å².